The number of carbonyl (C=O) groups excluding carboxylic acids is 2. The average molecular weight is 256 g/mol. The van der Waals surface area contributed by atoms with E-state index in [-0.39, 0.29) is 12.4 Å². The molecule has 3 nitrogen and oxygen atoms in total. The summed E-state index contributed by atoms with van der Waals surface area (Å²) < 4.78 is 4.80. The van der Waals surface area contributed by atoms with Gasteiger partial charge in [-0.2, -0.15) is 0 Å². The summed E-state index contributed by atoms with van der Waals surface area (Å²) in [5.74, 6) is 5.78. The third kappa shape index (κ3) is 3.69. The van der Waals surface area contributed by atoms with E-state index in [9.17, 15) is 9.59 Å². The normalized spacial score (nSPS) is 13.2. The van der Waals surface area contributed by atoms with Gasteiger partial charge < -0.3 is 4.74 Å². The maximum atomic E-state index is 11.3. The minimum Gasteiger partial charge on any atom is -0.465 e. The largest absolute Gasteiger partial charge is 0.465 e. The van der Waals surface area contributed by atoms with Gasteiger partial charge in [-0.15, -0.1) is 0 Å². The molecule has 3 heteroatoms. The lowest BCUT2D eigenvalue weighted by Gasteiger charge is -2.14. The third-order valence-corrected chi connectivity index (χ3v) is 3.04. The van der Waals surface area contributed by atoms with Crippen molar-refractivity contribution in [1.82, 2.24) is 0 Å². The Kier molecular flexibility index (Phi) is 4.35. The van der Waals surface area contributed by atoms with E-state index in [2.05, 4.69) is 11.8 Å². The summed E-state index contributed by atoms with van der Waals surface area (Å²) in [6.45, 7) is 2.16. The van der Waals surface area contributed by atoms with Gasteiger partial charge >= 0.3 is 5.97 Å². The van der Waals surface area contributed by atoms with Gasteiger partial charge in [0.2, 0.25) is 0 Å². The maximum absolute atomic E-state index is 11.3. The summed E-state index contributed by atoms with van der Waals surface area (Å²) in [5.41, 5.74) is 3.19. The molecule has 2 rings (SSSR count). The Labute approximate surface area is 113 Å². The molecule has 0 bridgehead atoms. The van der Waals surface area contributed by atoms with Crippen LogP contribution in [0.15, 0.2) is 18.2 Å². The molecule has 0 radical (unpaired) electrons. The van der Waals surface area contributed by atoms with Crippen LogP contribution in [-0.2, 0) is 27.2 Å². The summed E-state index contributed by atoms with van der Waals surface area (Å²) >= 11 is 0. The number of Topliss-reactive ketones (excluding diaryl/α,β-unsaturated/α-hetero) is 1. The molecule has 0 saturated heterocycles. The molecular formula is C16H16O3. The van der Waals surface area contributed by atoms with Crippen LogP contribution in [0, 0.1) is 11.8 Å². The lowest BCUT2D eigenvalue weighted by Crippen LogP contribution is -2.13. The average Bonchev–Trinajstić information content (AvgIpc) is 2.39. The van der Waals surface area contributed by atoms with Crippen molar-refractivity contribution in [2.24, 2.45) is 0 Å². The first kappa shape index (κ1) is 13.4. The number of aryl methyl sites for hydroxylation is 1. The molecule has 1 aromatic rings. The predicted molar refractivity (Wildman–Crippen MR) is 71.6 cm³/mol. The molecule has 0 aromatic heterocycles. The van der Waals surface area contributed by atoms with Crippen LogP contribution in [0.25, 0.3) is 0 Å². The predicted octanol–water partition coefficient (Wildman–Crippen LogP) is 2.05. The molecule has 1 aliphatic carbocycles. The van der Waals surface area contributed by atoms with Crippen LogP contribution >= 0.6 is 0 Å². The topological polar surface area (TPSA) is 43.4 Å². The molecule has 0 spiro atoms. The second-order valence-electron chi connectivity index (χ2n) is 4.48. The molecule has 0 heterocycles. The number of hydrogen-bond donors (Lipinski definition) is 0. The number of rotatable bonds is 2. The second-order valence-corrected chi connectivity index (χ2v) is 4.48. The first-order valence-electron chi connectivity index (χ1n) is 6.47. The standard InChI is InChI=1S/C16H16O3/c1-2-19-16(18)5-3-4-12-6-7-14-11-15(17)9-8-13(14)10-12/h6-7,10H,2,5,8-9,11H2,1H3. The monoisotopic (exact) mass is 256 g/mol. The zero-order valence-corrected chi connectivity index (χ0v) is 11.0. The molecule has 0 unspecified atom stereocenters. The van der Waals surface area contributed by atoms with Crippen LogP contribution in [-0.4, -0.2) is 18.4 Å². The number of ether oxygens (including phenoxy) is 1. The Bertz CT molecular complexity index is 561. The van der Waals surface area contributed by atoms with Gasteiger partial charge in [0.15, 0.2) is 0 Å². The Morgan fingerprint density at radius 3 is 2.95 bits per heavy atom. The lowest BCUT2D eigenvalue weighted by molar-refractivity contribution is -0.141. The van der Waals surface area contributed by atoms with Gasteiger partial charge in [-0.3, -0.25) is 9.59 Å². The fourth-order valence-corrected chi connectivity index (χ4v) is 2.11. The van der Waals surface area contributed by atoms with Gasteiger partial charge in [0.05, 0.1) is 6.61 Å². The van der Waals surface area contributed by atoms with Gasteiger partial charge in [-0.25, -0.2) is 0 Å². The number of benzene rings is 1. The highest BCUT2D eigenvalue weighted by atomic mass is 16.5. The molecule has 0 saturated carbocycles. The van der Waals surface area contributed by atoms with E-state index in [0.29, 0.717) is 25.2 Å². The second kappa shape index (κ2) is 6.19. The van der Waals surface area contributed by atoms with Crippen LogP contribution in [0.4, 0.5) is 0 Å². The van der Waals surface area contributed by atoms with Crippen molar-refractivity contribution in [1.29, 1.82) is 0 Å². The van der Waals surface area contributed by atoms with Gasteiger partial charge in [-0.1, -0.05) is 17.9 Å². The highest BCUT2D eigenvalue weighted by Gasteiger charge is 2.15. The quantitative estimate of drug-likeness (QED) is 0.601. The Balaban J connectivity index is 2.05. The minimum atomic E-state index is -0.293. The summed E-state index contributed by atoms with van der Waals surface area (Å²) in [5, 5.41) is 0. The Morgan fingerprint density at radius 1 is 1.32 bits per heavy atom. The van der Waals surface area contributed by atoms with Crippen molar-refractivity contribution >= 4 is 11.8 Å². The first-order valence-corrected chi connectivity index (χ1v) is 6.47. The van der Waals surface area contributed by atoms with Crippen molar-refractivity contribution in [3.63, 3.8) is 0 Å². The lowest BCUT2D eigenvalue weighted by atomic mass is 9.90. The fourth-order valence-electron chi connectivity index (χ4n) is 2.11. The molecule has 1 aromatic carbocycles. The Morgan fingerprint density at radius 2 is 2.16 bits per heavy atom. The zero-order valence-electron chi connectivity index (χ0n) is 11.0. The molecule has 1 aliphatic rings. The number of esters is 1. The maximum Gasteiger partial charge on any atom is 0.317 e. The summed E-state index contributed by atoms with van der Waals surface area (Å²) in [6, 6.07) is 5.87. The van der Waals surface area contributed by atoms with E-state index >= 15 is 0 Å². The SMILES string of the molecule is CCOC(=O)CC#Cc1ccc2c(c1)CCC(=O)C2. The molecular weight excluding hydrogens is 240 g/mol. The van der Waals surface area contributed by atoms with Gasteiger partial charge in [-0.05, 0) is 36.6 Å². The Hall–Kier alpha value is -2.08. The number of carbonyl (C=O) groups is 2. The van der Waals surface area contributed by atoms with Crippen molar-refractivity contribution in [3.8, 4) is 11.8 Å². The van der Waals surface area contributed by atoms with E-state index in [1.165, 1.54) is 5.56 Å². The smallest absolute Gasteiger partial charge is 0.317 e. The zero-order chi connectivity index (χ0) is 13.7. The van der Waals surface area contributed by atoms with Crippen molar-refractivity contribution in [2.75, 3.05) is 6.61 Å². The molecule has 0 aliphatic heterocycles. The summed E-state index contributed by atoms with van der Waals surface area (Å²) in [7, 11) is 0. The highest BCUT2D eigenvalue weighted by Crippen LogP contribution is 2.20. The van der Waals surface area contributed by atoms with Crippen molar-refractivity contribution in [2.45, 2.75) is 32.6 Å². The van der Waals surface area contributed by atoms with E-state index in [1.807, 2.05) is 18.2 Å². The van der Waals surface area contributed by atoms with Crippen LogP contribution < -0.4 is 0 Å². The fraction of sp³-hybridized carbons (Fsp3) is 0.375. The molecule has 0 fully saturated rings. The van der Waals surface area contributed by atoms with Crippen LogP contribution in [0.3, 0.4) is 0 Å². The van der Waals surface area contributed by atoms with Crippen LogP contribution in [0.2, 0.25) is 0 Å². The molecule has 0 amide bonds. The summed E-state index contributed by atoms with van der Waals surface area (Å²) in [4.78, 5) is 22.5. The van der Waals surface area contributed by atoms with E-state index in [0.717, 1.165) is 17.5 Å². The molecule has 98 valence electrons. The third-order valence-electron chi connectivity index (χ3n) is 3.04. The van der Waals surface area contributed by atoms with E-state index < -0.39 is 0 Å². The van der Waals surface area contributed by atoms with Gasteiger partial charge in [0.25, 0.3) is 0 Å². The number of ketones is 1. The molecule has 0 atom stereocenters. The highest BCUT2D eigenvalue weighted by molar-refractivity contribution is 5.83. The van der Waals surface area contributed by atoms with E-state index in [1.54, 1.807) is 6.92 Å². The first-order chi connectivity index (χ1) is 9.19. The molecule has 0 N–H and O–H groups in total. The van der Waals surface area contributed by atoms with Crippen LogP contribution in [0.1, 0.15) is 36.5 Å². The van der Waals surface area contributed by atoms with Crippen molar-refractivity contribution in [3.05, 3.63) is 34.9 Å². The number of fused-ring (bicyclic) bond motifs is 1. The molecule has 19 heavy (non-hydrogen) atoms. The van der Waals surface area contributed by atoms with Gasteiger partial charge in [0.1, 0.15) is 12.2 Å². The minimum absolute atomic E-state index is 0.114. The number of hydrogen-bond acceptors (Lipinski definition) is 3. The van der Waals surface area contributed by atoms with E-state index in [4.69, 9.17) is 4.74 Å². The van der Waals surface area contributed by atoms with Gasteiger partial charge in [0, 0.05) is 18.4 Å². The van der Waals surface area contributed by atoms with Crippen molar-refractivity contribution < 1.29 is 14.3 Å². The van der Waals surface area contributed by atoms with Crippen LogP contribution in [0.5, 0.6) is 0 Å². The summed E-state index contributed by atoms with van der Waals surface area (Å²) in [6.07, 6.45) is 2.06.